The molecule has 0 aliphatic heterocycles. The summed E-state index contributed by atoms with van der Waals surface area (Å²) < 4.78 is 57.1. The third-order valence-corrected chi connectivity index (χ3v) is 9.18. The Morgan fingerprint density at radius 2 is 1.26 bits per heavy atom. The van der Waals surface area contributed by atoms with E-state index in [1.807, 2.05) is 24.3 Å². The lowest BCUT2D eigenvalue weighted by Crippen LogP contribution is -2.15. The monoisotopic (exact) mass is 596 g/mol. The fourth-order valence-corrected chi connectivity index (χ4v) is 6.56. The SMILES string of the molecule is CCCCCCCCCC[C@H]1CC[C@H](CCc2ccc(-c3ccc(C(=O)O)c(F)c3-c3cc(F)c(F)c(F)c3)cc2)CC1. The Morgan fingerprint density at radius 1 is 0.698 bits per heavy atom. The van der Waals surface area contributed by atoms with Crippen molar-refractivity contribution in [3.63, 3.8) is 0 Å². The van der Waals surface area contributed by atoms with Crippen molar-refractivity contribution in [3.05, 3.63) is 82.9 Å². The van der Waals surface area contributed by atoms with Crippen LogP contribution in [0.5, 0.6) is 0 Å². The number of aromatic carboxylic acids is 1. The second-order valence-corrected chi connectivity index (χ2v) is 12.3. The zero-order valence-electron chi connectivity index (χ0n) is 25.2. The van der Waals surface area contributed by atoms with Crippen LogP contribution in [-0.2, 0) is 6.42 Å². The number of hydrogen-bond acceptors (Lipinski definition) is 1. The molecule has 3 aromatic carbocycles. The summed E-state index contributed by atoms with van der Waals surface area (Å²) in [5.74, 6) is -5.65. The summed E-state index contributed by atoms with van der Waals surface area (Å²) in [4.78, 5) is 11.6. The van der Waals surface area contributed by atoms with Crippen LogP contribution in [0.25, 0.3) is 22.3 Å². The van der Waals surface area contributed by atoms with Crippen molar-refractivity contribution >= 4 is 5.97 Å². The van der Waals surface area contributed by atoms with Gasteiger partial charge in [0.2, 0.25) is 0 Å². The Morgan fingerprint density at radius 3 is 1.84 bits per heavy atom. The molecule has 0 saturated heterocycles. The van der Waals surface area contributed by atoms with Gasteiger partial charge in [0.05, 0.1) is 5.56 Å². The van der Waals surface area contributed by atoms with E-state index in [0.29, 0.717) is 17.7 Å². The third-order valence-electron chi connectivity index (χ3n) is 9.18. The van der Waals surface area contributed by atoms with E-state index >= 15 is 4.39 Å². The van der Waals surface area contributed by atoms with Crippen LogP contribution in [0, 0.1) is 35.1 Å². The van der Waals surface area contributed by atoms with E-state index in [1.54, 1.807) is 0 Å². The van der Waals surface area contributed by atoms with E-state index < -0.39 is 34.8 Å². The van der Waals surface area contributed by atoms with Gasteiger partial charge in [-0.1, -0.05) is 121 Å². The quantitative estimate of drug-likeness (QED) is 0.108. The molecule has 0 unspecified atom stereocenters. The predicted molar refractivity (Wildman–Crippen MR) is 165 cm³/mol. The molecule has 232 valence electrons. The molecule has 0 atom stereocenters. The van der Waals surface area contributed by atoms with Crippen LogP contribution in [0.4, 0.5) is 17.6 Å². The highest BCUT2D eigenvalue weighted by Gasteiger charge is 2.23. The Balaban J connectivity index is 1.32. The molecule has 2 nitrogen and oxygen atoms in total. The van der Waals surface area contributed by atoms with Crippen molar-refractivity contribution in [2.75, 3.05) is 0 Å². The zero-order valence-corrected chi connectivity index (χ0v) is 25.2. The van der Waals surface area contributed by atoms with E-state index in [2.05, 4.69) is 6.92 Å². The summed E-state index contributed by atoms with van der Waals surface area (Å²) in [6, 6.07) is 11.5. The molecule has 0 amide bonds. The number of carboxylic acids is 1. The topological polar surface area (TPSA) is 37.3 Å². The van der Waals surface area contributed by atoms with Gasteiger partial charge in [0.25, 0.3) is 0 Å². The van der Waals surface area contributed by atoms with E-state index in [4.69, 9.17) is 0 Å². The van der Waals surface area contributed by atoms with Gasteiger partial charge >= 0.3 is 5.97 Å². The number of unbranched alkanes of at least 4 members (excludes halogenated alkanes) is 7. The molecule has 4 rings (SSSR count). The fraction of sp³-hybridized carbons (Fsp3) is 0.486. The van der Waals surface area contributed by atoms with Crippen molar-refractivity contribution in [2.45, 2.75) is 103 Å². The van der Waals surface area contributed by atoms with Crippen molar-refractivity contribution < 1.29 is 27.5 Å². The molecule has 0 heterocycles. The standard InChI is InChI=1S/C37H44F4O2/c1-2-3-4-5-6-7-8-9-10-25-11-13-26(14-12-25)15-16-27-17-19-28(20-18-27)30-21-22-31(37(42)43)35(40)34(30)29-23-32(38)36(41)33(39)24-29/h17-26H,2-16H2,1H3,(H,42,43)/t25-,26-. The number of aryl methyl sites for hydroxylation is 1. The van der Waals surface area contributed by atoms with Gasteiger partial charge in [-0.3, -0.25) is 0 Å². The van der Waals surface area contributed by atoms with E-state index in [1.165, 1.54) is 89.5 Å². The van der Waals surface area contributed by atoms with Gasteiger partial charge in [0, 0.05) is 5.56 Å². The van der Waals surface area contributed by atoms with Crippen LogP contribution in [0.15, 0.2) is 48.5 Å². The lowest BCUT2D eigenvalue weighted by atomic mass is 9.77. The first-order chi connectivity index (χ1) is 20.8. The molecular weight excluding hydrogens is 552 g/mol. The van der Waals surface area contributed by atoms with Gasteiger partial charge in [-0.05, 0) is 65.1 Å². The average Bonchev–Trinajstić information content (AvgIpc) is 3.00. The summed E-state index contributed by atoms with van der Waals surface area (Å²) in [6.07, 6.45) is 19.6. The minimum Gasteiger partial charge on any atom is -0.478 e. The largest absolute Gasteiger partial charge is 0.478 e. The number of carboxylic acid groups (broad SMARTS) is 1. The molecule has 1 N–H and O–H groups in total. The van der Waals surface area contributed by atoms with E-state index in [0.717, 1.165) is 36.3 Å². The lowest BCUT2D eigenvalue weighted by molar-refractivity contribution is 0.0692. The number of hydrogen-bond donors (Lipinski definition) is 1. The van der Waals surface area contributed by atoms with Crippen LogP contribution in [0.3, 0.4) is 0 Å². The first kappa shape index (κ1) is 32.8. The summed E-state index contributed by atoms with van der Waals surface area (Å²) in [5, 5.41) is 9.41. The second-order valence-electron chi connectivity index (χ2n) is 12.3. The maximum absolute atomic E-state index is 15.4. The van der Waals surface area contributed by atoms with Gasteiger partial charge < -0.3 is 5.11 Å². The molecule has 1 aliphatic rings. The third kappa shape index (κ3) is 8.93. The van der Waals surface area contributed by atoms with Crippen LogP contribution < -0.4 is 0 Å². The Bertz CT molecular complexity index is 1320. The van der Waals surface area contributed by atoms with Crippen LogP contribution in [0.2, 0.25) is 0 Å². The van der Waals surface area contributed by atoms with Gasteiger partial charge in [-0.15, -0.1) is 0 Å². The first-order valence-electron chi connectivity index (χ1n) is 16.1. The predicted octanol–water partition coefficient (Wildman–Crippen LogP) is 11.5. The molecule has 1 aliphatic carbocycles. The van der Waals surface area contributed by atoms with Crippen molar-refractivity contribution in [1.29, 1.82) is 0 Å². The maximum Gasteiger partial charge on any atom is 0.338 e. The molecule has 3 aromatic rings. The Hall–Kier alpha value is -3.15. The second kappa shape index (κ2) is 16.1. The zero-order chi connectivity index (χ0) is 30.8. The summed E-state index contributed by atoms with van der Waals surface area (Å²) in [7, 11) is 0. The number of halogens is 4. The number of carbonyl (C=O) groups is 1. The Labute approximate surface area is 253 Å². The molecule has 0 spiro atoms. The van der Waals surface area contributed by atoms with Crippen molar-refractivity contribution in [1.82, 2.24) is 0 Å². The average molecular weight is 597 g/mol. The van der Waals surface area contributed by atoms with Gasteiger partial charge in [0.15, 0.2) is 17.5 Å². The highest BCUT2D eigenvalue weighted by atomic mass is 19.2. The summed E-state index contributed by atoms with van der Waals surface area (Å²) in [5.41, 5.74) is 0.805. The fourth-order valence-electron chi connectivity index (χ4n) is 6.56. The van der Waals surface area contributed by atoms with Crippen LogP contribution >= 0.6 is 0 Å². The lowest BCUT2D eigenvalue weighted by Gasteiger charge is -2.28. The molecule has 0 aromatic heterocycles. The highest BCUT2D eigenvalue weighted by molar-refractivity contribution is 5.94. The Kier molecular flexibility index (Phi) is 12.2. The molecular formula is C37H44F4O2. The van der Waals surface area contributed by atoms with E-state index in [-0.39, 0.29) is 16.7 Å². The summed E-state index contributed by atoms with van der Waals surface area (Å²) in [6.45, 7) is 2.26. The number of rotatable bonds is 15. The van der Waals surface area contributed by atoms with Gasteiger partial charge in [-0.2, -0.15) is 0 Å². The minimum absolute atomic E-state index is 0.269. The molecule has 0 radical (unpaired) electrons. The highest BCUT2D eigenvalue weighted by Crippen LogP contribution is 2.38. The molecule has 1 saturated carbocycles. The van der Waals surface area contributed by atoms with Crippen LogP contribution in [0.1, 0.15) is 113 Å². The molecule has 43 heavy (non-hydrogen) atoms. The summed E-state index contributed by atoms with van der Waals surface area (Å²) >= 11 is 0. The maximum atomic E-state index is 15.4. The first-order valence-corrected chi connectivity index (χ1v) is 16.1. The van der Waals surface area contributed by atoms with Gasteiger partial charge in [0.1, 0.15) is 5.82 Å². The normalized spacial score (nSPS) is 16.9. The molecule has 1 fully saturated rings. The van der Waals surface area contributed by atoms with Crippen molar-refractivity contribution in [2.24, 2.45) is 11.8 Å². The molecule has 0 bridgehead atoms. The number of benzene rings is 3. The van der Waals surface area contributed by atoms with Gasteiger partial charge in [-0.25, -0.2) is 22.4 Å². The molecule has 6 heteroatoms. The minimum atomic E-state index is -1.67. The van der Waals surface area contributed by atoms with Crippen molar-refractivity contribution in [3.8, 4) is 22.3 Å². The van der Waals surface area contributed by atoms with Crippen LogP contribution in [-0.4, -0.2) is 11.1 Å². The smallest absolute Gasteiger partial charge is 0.338 e. The van der Waals surface area contributed by atoms with E-state index in [9.17, 15) is 23.1 Å².